The van der Waals surface area contributed by atoms with Crippen molar-refractivity contribution in [2.45, 2.75) is 72.6 Å². The summed E-state index contributed by atoms with van der Waals surface area (Å²) in [4.78, 5) is 11.8. The van der Waals surface area contributed by atoms with Crippen LogP contribution in [0.15, 0.2) is 0 Å². The van der Waals surface area contributed by atoms with Crippen LogP contribution in [0.5, 0.6) is 0 Å². The molecule has 0 bridgehead atoms. The fourth-order valence-electron chi connectivity index (χ4n) is 2.47. The monoisotopic (exact) mass is 224 g/mol. The van der Waals surface area contributed by atoms with E-state index < -0.39 is 0 Å². The van der Waals surface area contributed by atoms with Gasteiger partial charge in [-0.15, -0.1) is 0 Å². The molecule has 1 saturated carbocycles. The second kappa shape index (κ2) is 5.84. The Balaban J connectivity index is 2.19. The van der Waals surface area contributed by atoms with Crippen molar-refractivity contribution in [3.8, 4) is 0 Å². The van der Waals surface area contributed by atoms with Crippen LogP contribution in [0.25, 0.3) is 0 Å². The van der Waals surface area contributed by atoms with Gasteiger partial charge in [0.05, 0.1) is 0 Å². The summed E-state index contributed by atoms with van der Waals surface area (Å²) in [6, 6.07) is 0. The van der Waals surface area contributed by atoms with E-state index >= 15 is 0 Å². The van der Waals surface area contributed by atoms with Gasteiger partial charge in [-0.05, 0) is 36.5 Å². The smallest absolute Gasteiger partial charge is 0.133 e. The molecule has 0 aromatic heterocycles. The van der Waals surface area contributed by atoms with Crippen molar-refractivity contribution < 1.29 is 4.79 Å². The molecule has 1 aliphatic carbocycles. The summed E-state index contributed by atoms with van der Waals surface area (Å²) in [6.45, 7) is 8.96. The second-order valence-electron chi connectivity index (χ2n) is 6.93. The van der Waals surface area contributed by atoms with Crippen LogP contribution in [-0.4, -0.2) is 5.78 Å². The zero-order chi connectivity index (χ0) is 12.2. The molecule has 0 aliphatic heterocycles. The van der Waals surface area contributed by atoms with Crippen molar-refractivity contribution >= 4 is 5.78 Å². The third-order valence-corrected chi connectivity index (χ3v) is 3.81. The highest BCUT2D eigenvalue weighted by Crippen LogP contribution is 2.31. The fourth-order valence-corrected chi connectivity index (χ4v) is 2.47. The van der Waals surface area contributed by atoms with E-state index in [4.69, 9.17) is 0 Å². The van der Waals surface area contributed by atoms with E-state index in [0.717, 1.165) is 25.2 Å². The van der Waals surface area contributed by atoms with Gasteiger partial charge in [0.1, 0.15) is 5.78 Å². The number of rotatable bonds is 4. The van der Waals surface area contributed by atoms with E-state index in [0.29, 0.717) is 17.1 Å². The third kappa shape index (κ3) is 5.67. The van der Waals surface area contributed by atoms with E-state index in [1.807, 2.05) is 0 Å². The van der Waals surface area contributed by atoms with Gasteiger partial charge in [-0.3, -0.25) is 4.79 Å². The van der Waals surface area contributed by atoms with Gasteiger partial charge in [0.25, 0.3) is 0 Å². The fraction of sp³-hybridized carbons (Fsp3) is 0.933. The zero-order valence-corrected chi connectivity index (χ0v) is 11.5. The summed E-state index contributed by atoms with van der Waals surface area (Å²) in [5, 5.41) is 0. The predicted molar refractivity (Wildman–Crippen MR) is 69.4 cm³/mol. The van der Waals surface area contributed by atoms with E-state index in [-0.39, 0.29) is 0 Å². The van der Waals surface area contributed by atoms with E-state index in [1.54, 1.807) is 0 Å². The van der Waals surface area contributed by atoms with Gasteiger partial charge >= 0.3 is 0 Å². The minimum atomic E-state index is 0.302. The Hall–Kier alpha value is -0.330. The lowest BCUT2D eigenvalue weighted by atomic mass is 9.79. The molecule has 0 saturated heterocycles. The Morgan fingerprint density at radius 3 is 2.19 bits per heavy atom. The Labute approximate surface area is 101 Å². The molecule has 0 aromatic carbocycles. The molecular weight excluding hydrogens is 196 g/mol. The van der Waals surface area contributed by atoms with Crippen LogP contribution in [0.4, 0.5) is 0 Å². The molecule has 1 heteroatoms. The van der Waals surface area contributed by atoms with Gasteiger partial charge in [-0.25, -0.2) is 0 Å². The van der Waals surface area contributed by atoms with Crippen LogP contribution < -0.4 is 0 Å². The Morgan fingerprint density at radius 2 is 1.69 bits per heavy atom. The van der Waals surface area contributed by atoms with Crippen LogP contribution in [0.1, 0.15) is 72.6 Å². The highest BCUT2D eigenvalue weighted by Gasteiger charge is 2.21. The summed E-state index contributed by atoms with van der Waals surface area (Å²) >= 11 is 0. The van der Waals surface area contributed by atoms with Gasteiger partial charge in [-0.2, -0.15) is 0 Å². The average molecular weight is 224 g/mol. The lowest BCUT2D eigenvalue weighted by Crippen LogP contribution is -2.17. The van der Waals surface area contributed by atoms with Crippen molar-refractivity contribution in [1.29, 1.82) is 0 Å². The van der Waals surface area contributed by atoms with Crippen molar-refractivity contribution in [3.63, 3.8) is 0 Å². The first-order valence-corrected chi connectivity index (χ1v) is 6.88. The topological polar surface area (TPSA) is 17.1 Å². The van der Waals surface area contributed by atoms with Crippen molar-refractivity contribution in [3.05, 3.63) is 0 Å². The molecule has 0 amide bonds. The first-order chi connectivity index (χ1) is 7.37. The van der Waals surface area contributed by atoms with Crippen molar-refractivity contribution in [1.82, 2.24) is 0 Å². The minimum absolute atomic E-state index is 0.302. The highest BCUT2D eigenvalue weighted by molar-refractivity contribution is 5.78. The van der Waals surface area contributed by atoms with Gasteiger partial charge in [0, 0.05) is 12.8 Å². The maximum Gasteiger partial charge on any atom is 0.133 e. The third-order valence-electron chi connectivity index (χ3n) is 3.81. The lowest BCUT2D eigenvalue weighted by Gasteiger charge is -2.26. The van der Waals surface area contributed by atoms with Crippen LogP contribution >= 0.6 is 0 Å². The standard InChI is InChI=1S/C15H28O/c1-12-5-7-13(8-6-12)11-14(16)9-10-15(2,3)4/h12-13H,5-11H2,1-4H3. The van der Waals surface area contributed by atoms with Crippen LogP contribution in [0, 0.1) is 17.3 Å². The van der Waals surface area contributed by atoms with Gasteiger partial charge in [0.15, 0.2) is 0 Å². The van der Waals surface area contributed by atoms with Crippen LogP contribution in [0.3, 0.4) is 0 Å². The van der Waals surface area contributed by atoms with Crippen LogP contribution in [0.2, 0.25) is 0 Å². The van der Waals surface area contributed by atoms with E-state index in [1.165, 1.54) is 25.7 Å². The van der Waals surface area contributed by atoms with Crippen LogP contribution in [-0.2, 0) is 4.79 Å². The summed E-state index contributed by atoms with van der Waals surface area (Å²) in [6.07, 6.45) is 7.90. The normalized spacial score (nSPS) is 26.8. The maximum absolute atomic E-state index is 11.8. The molecule has 1 fully saturated rings. The molecule has 0 aromatic rings. The van der Waals surface area contributed by atoms with E-state index in [2.05, 4.69) is 27.7 Å². The molecule has 1 aliphatic rings. The molecule has 0 heterocycles. The number of carbonyl (C=O) groups excluding carboxylic acids is 1. The van der Waals surface area contributed by atoms with Gasteiger partial charge < -0.3 is 0 Å². The first-order valence-electron chi connectivity index (χ1n) is 6.88. The Morgan fingerprint density at radius 1 is 1.12 bits per heavy atom. The molecule has 0 spiro atoms. The van der Waals surface area contributed by atoms with Crippen molar-refractivity contribution in [2.24, 2.45) is 17.3 Å². The Kier molecular flexibility index (Phi) is 5.01. The Bertz CT molecular complexity index is 216. The van der Waals surface area contributed by atoms with Gasteiger partial charge in [0.2, 0.25) is 0 Å². The minimum Gasteiger partial charge on any atom is -0.300 e. The number of ketones is 1. The summed E-state index contributed by atoms with van der Waals surface area (Å²) in [5.74, 6) is 2.08. The molecule has 16 heavy (non-hydrogen) atoms. The highest BCUT2D eigenvalue weighted by atomic mass is 16.1. The van der Waals surface area contributed by atoms with Gasteiger partial charge in [-0.1, -0.05) is 40.5 Å². The van der Waals surface area contributed by atoms with E-state index in [9.17, 15) is 4.79 Å². The molecular formula is C15H28O. The zero-order valence-electron chi connectivity index (χ0n) is 11.5. The largest absolute Gasteiger partial charge is 0.300 e. The molecule has 1 nitrogen and oxygen atoms in total. The molecule has 94 valence electrons. The number of Topliss-reactive ketones (excluding diaryl/α,β-unsaturated/α-hetero) is 1. The molecule has 0 atom stereocenters. The predicted octanol–water partition coefficient (Wildman–Crippen LogP) is 4.60. The summed E-state index contributed by atoms with van der Waals surface area (Å²) < 4.78 is 0. The molecule has 0 N–H and O–H groups in total. The second-order valence-corrected chi connectivity index (χ2v) is 6.93. The average Bonchev–Trinajstić information content (AvgIpc) is 2.18. The number of carbonyl (C=O) groups is 1. The molecule has 0 radical (unpaired) electrons. The summed E-state index contributed by atoms with van der Waals surface area (Å²) in [7, 11) is 0. The number of hydrogen-bond acceptors (Lipinski definition) is 1. The quantitative estimate of drug-likeness (QED) is 0.682. The first kappa shape index (κ1) is 13.7. The number of hydrogen-bond donors (Lipinski definition) is 0. The lowest BCUT2D eigenvalue weighted by molar-refractivity contribution is -0.120. The summed E-state index contributed by atoms with van der Waals surface area (Å²) in [5.41, 5.74) is 0.302. The SMILES string of the molecule is CC1CCC(CC(=O)CCC(C)(C)C)CC1. The molecule has 0 unspecified atom stereocenters. The maximum atomic E-state index is 11.8. The van der Waals surface area contributed by atoms with Crippen molar-refractivity contribution in [2.75, 3.05) is 0 Å². The molecule has 1 rings (SSSR count).